The summed E-state index contributed by atoms with van der Waals surface area (Å²) >= 11 is 3.37. The summed E-state index contributed by atoms with van der Waals surface area (Å²) in [4.78, 5) is 29.2. The van der Waals surface area contributed by atoms with Crippen LogP contribution in [0.5, 0.6) is 0 Å². The third kappa shape index (κ3) is 5.49. The normalized spacial score (nSPS) is 10.6. The number of carbonyl (C=O) groups excluding carboxylic acids is 2. The van der Waals surface area contributed by atoms with Gasteiger partial charge in [0.15, 0.2) is 0 Å². The summed E-state index contributed by atoms with van der Waals surface area (Å²) < 4.78 is 0. The fraction of sp³-hybridized carbons (Fsp3) is 0.217. The highest BCUT2D eigenvalue weighted by molar-refractivity contribution is 7.98. The molecule has 0 fully saturated rings. The lowest BCUT2D eigenvalue weighted by Crippen LogP contribution is -2.30. The predicted molar refractivity (Wildman–Crippen MR) is 122 cm³/mol. The minimum atomic E-state index is -0.151. The van der Waals surface area contributed by atoms with Crippen LogP contribution in [0.3, 0.4) is 0 Å². The Kier molecular flexibility index (Phi) is 7.49. The summed E-state index contributed by atoms with van der Waals surface area (Å²) in [7, 11) is 0. The molecule has 1 aromatic heterocycles. The molecule has 0 aliphatic heterocycles. The van der Waals surface area contributed by atoms with E-state index in [2.05, 4.69) is 16.8 Å². The monoisotopic (exact) mass is 424 g/mol. The quantitative estimate of drug-likeness (QED) is 0.467. The Morgan fingerprint density at radius 1 is 0.966 bits per heavy atom. The van der Waals surface area contributed by atoms with Gasteiger partial charge in [-0.05, 0) is 61.7 Å². The molecule has 2 aromatic carbocycles. The molecule has 0 saturated heterocycles. The second-order valence-corrected chi connectivity index (χ2v) is 8.42. The molecule has 3 rings (SSSR count). The van der Waals surface area contributed by atoms with Gasteiger partial charge in [0.1, 0.15) is 0 Å². The molecule has 0 bridgehead atoms. The zero-order valence-corrected chi connectivity index (χ0v) is 18.2. The van der Waals surface area contributed by atoms with Gasteiger partial charge in [0, 0.05) is 39.9 Å². The highest BCUT2D eigenvalue weighted by Gasteiger charge is 2.14. The van der Waals surface area contributed by atoms with Crippen molar-refractivity contribution in [3.05, 3.63) is 82.0 Å². The minimum Gasteiger partial charge on any atom is -0.339 e. The van der Waals surface area contributed by atoms with E-state index < -0.39 is 0 Å². The molecule has 0 spiro atoms. The maximum atomic E-state index is 12.8. The number of nitrogens with zero attached hydrogens (tertiary/aromatic N) is 1. The van der Waals surface area contributed by atoms with Gasteiger partial charge >= 0.3 is 0 Å². The molecule has 0 aliphatic carbocycles. The van der Waals surface area contributed by atoms with Gasteiger partial charge in [-0.2, -0.15) is 0 Å². The van der Waals surface area contributed by atoms with Crippen LogP contribution in [0.15, 0.2) is 70.9 Å². The van der Waals surface area contributed by atoms with E-state index >= 15 is 0 Å². The summed E-state index contributed by atoms with van der Waals surface area (Å²) in [6.07, 6.45) is 0. The van der Waals surface area contributed by atoms with E-state index in [4.69, 9.17) is 0 Å². The molecule has 4 nitrogen and oxygen atoms in total. The highest BCUT2D eigenvalue weighted by atomic mass is 32.2. The summed E-state index contributed by atoms with van der Waals surface area (Å²) in [6.45, 7) is 5.27. The van der Waals surface area contributed by atoms with Gasteiger partial charge in [0.2, 0.25) is 0 Å². The lowest BCUT2D eigenvalue weighted by molar-refractivity contribution is 0.0773. The number of anilines is 1. The Labute approximate surface area is 179 Å². The van der Waals surface area contributed by atoms with E-state index in [9.17, 15) is 9.59 Å². The molecule has 0 saturated carbocycles. The molecule has 6 heteroatoms. The first kappa shape index (κ1) is 21.1. The summed E-state index contributed by atoms with van der Waals surface area (Å²) in [5, 5.41) is 5.00. The first-order chi connectivity index (χ1) is 14.1. The minimum absolute atomic E-state index is 0.00296. The summed E-state index contributed by atoms with van der Waals surface area (Å²) in [5.41, 5.74) is 1.94. The maximum absolute atomic E-state index is 12.8. The van der Waals surface area contributed by atoms with Crippen molar-refractivity contribution in [1.29, 1.82) is 0 Å². The number of nitrogens with one attached hydrogen (secondary N) is 1. The van der Waals surface area contributed by atoms with E-state index in [1.165, 1.54) is 4.88 Å². The van der Waals surface area contributed by atoms with Crippen LogP contribution in [0.25, 0.3) is 0 Å². The molecule has 0 aliphatic rings. The van der Waals surface area contributed by atoms with Gasteiger partial charge in [-0.3, -0.25) is 9.59 Å². The first-order valence-electron chi connectivity index (χ1n) is 9.57. The Balaban J connectivity index is 1.68. The average Bonchev–Trinajstić information content (AvgIpc) is 3.27. The number of amides is 2. The van der Waals surface area contributed by atoms with Gasteiger partial charge in [-0.1, -0.05) is 18.2 Å². The van der Waals surface area contributed by atoms with E-state index in [1.54, 1.807) is 52.3 Å². The number of benzene rings is 2. The SMILES string of the molecule is CCN(CC)C(=O)c1ccc(NC(=O)c2ccccc2SCc2cccs2)cc1. The molecule has 29 heavy (non-hydrogen) atoms. The number of thioether (sulfide) groups is 1. The fourth-order valence-corrected chi connectivity index (χ4v) is 4.73. The van der Waals surface area contributed by atoms with Gasteiger partial charge in [-0.25, -0.2) is 0 Å². The van der Waals surface area contributed by atoms with Crippen molar-refractivity contribution >= 4 is 40.6 Å². The summed E-state index contributed by atoms with van der Waals surface area (Å²) in [5.74, 6) is 0.690. The topological polar surface area (TPSA) is 49.4 Å². The van der Waals surface area contributed by atoms with E-state index in [-0.39, 0.29) is 11.8 Å². The van der Waals surface area contributed by atoms with Gasteiger partial charge in [-0.15, -0.1) is 23.1 Å². The molecule has 0 unspecified atom stereocenters. The van der Waals surface area contributed by atoms with Crippen molar-refractivity contribution < 1.29 is 9.59 Å². The molecule has 0 atom stereocenters. The van der Waals surface area contributed by atoms with Crippen molar-refractivity contribution in [2.75, 3.05) is 18.4 Å². The largest absolute Gasteiger partial charge is 0.339 e. The van der Waals surface area contributed by atoms with Crippen LogP contribution in [0, 0.1) is 0 Å². The van der Waals surface area contributed by atoms with Gasteiger partial charge < -0.3 is 10.2 Å². The standard InChI is InChI=1S/C23H24N2O2S2/c1-3-25(4-2)23(27)17-11-13-18(14-12-17)24-22(26)20-9-5-6-10-21(20)29-16-19-8-7-15-28-19/h5-15H,3-4,16H2,1-2H3,(H,24,26). The average molecular weight is 425 g/mol. The van der Waals surface area contributed by atoms with Crippen molar-refractivity contribution in [2.45, 2.75) is 24.5 Å². The van der Waals surface area contributed by atoms with Crippen LogP contribution >= 0.6 is 23.1 Å². The third-order valence-corrected chi connectivity index (χ3v) is 6.70. The smallest absolute Gasteiger partial charge is 0.256 e. The second-order valence-electron chi connectivity index (χ2n) is 6.37. The maximum Gasteiger partial charge on any atom is 0.256 e. The molecule has 3 aromatic rings. The van der Waals surface area contributed by atoms with Crippen LogP contribution in [-0.2, 0) is 5.75 Å². The van der Waals surface area contributed by atoms with Crippen molar-refractivity contribution in [3.63, 3.8) is 0 Å². The zero-order valence-electron chi connectivity index (χ0n) is 16.6. The molecule has 150 valence electrons. The lowest BCUT2D eigenvalue weighted by atomic mass is 10.1. The van der Waals surface area contributed by atoms with Crippen molar-refractivity contribution in [1.82, 2.24) is 4.90 Å². The van der Waals surface area contributed by atoms with E-state index in [1.807, 2.05) is 44.2 Å². The number of carbonyl (C=O) groups is 2. The lowest BCUT2D eigenvalue weighted by Gasteiger charge is -2.18. The molecular weight excluding hydrogens is 400 g/mol. The third-order valence-electron chi connectivity index (χ3n) is 4.52. The fourth-order valence-electron chi connectivity index (χ4n) is 2.91. The Bertz CT molecular complexity index is 949. The van der Waals surface area contributed by atoms with Crippen LogP contribution in [0.2, 0.25) is 0 Å². The van der Waals surface area contributed by atoms with Crippen molar-refractivity contribution in [3.8, 4) is 0 Å². The van der Waals surface area contributed by atoms with Crippen LogP contribution in [-0.4, -0.2) is 29.8 Å². The van der Waals surface area contributed by atoms with Crippen molar-refractivity contribution in [2.24, 2.45) is 0 Å². The van der Waals surface area contributed by atoms with Crippen LogP contribution in [0.1, 0.15) is 39.4 Å². The first-order valence-corrected chi connectivity index (χ1v) is 11.4. The Hall–Kier alpha value is -2.57. The molecule has 1 N–H and O–H groups in total. The van der Waals surface area contributed by atoms with E-state index in [0.29, 0.717) is 29.9 Å². The van der Waals surface area contributed by atoms with Gasteiger partial charge in [0.25, 0.3) is 11.8 Å². The number of rotatable bonds is 8. The molecule has 2 amide bonds. The van der Waals surface area contributed by atoms with E-state index in [0.717, 1.165) is 10.6 Å². The number of hydrogen-bond donors (Lipinski definition) is 1. The Morgan fingerprint density at radius 3 is 2.34 bits per heavy atom. The molecule has 0 radical (unpaired) electrons. The summed E-state index contributed by atoms with van der Waals surface area (Å²) in [6, 6.07) is 18.8. The number of hydrogen-bond acceptors (Lipinski definition) is 4. The molecule has 1 heterocycles. The predicted octanol–water partition coefficient (Wildman–Crippen LogP) is 5.77. The highest BCUT2D eigenvalue weighted by Crippen LogP contribution is 2.28. The Morgan fingerprint density at radius 2 is 1.69 bits per heavy atom. The second kappa shape index (κ2) is 10.3. The number of thiophene rings is 1. The molecular formula is C23H24N2O2S2. The van der Waals surface area contributed by atoms with Crippen LogP contribution in [0.4, 0.5) is 5.69 Å². The zero-order chi connectivity index (χ0) is 20.6. The van der Waals surface area contributed by atoms with Gasteiger partial charge in [0.05, 0.1) is 5.56 Å². The van der Waals surface area contributed by atoms with Crippen LogP contribution < -0.4 is 5.32 Å².